The van der Waals surface area contributed by atoms with E-state index in [9.17, 15) is 0 Å². The van der Waals surface area contributed by atoms with Gasteiger partial charge in [-0.25, -0.2) is 0 Å². The third-order valence-electron chi connectivity index (χ3n) is 2.70. The highest BCUT2D eigenvalue weighted by Crippen LogP contribution is 2.33. The monoisotopic (exact) mass is 277 g/mol. The molecule has 0 aliphatic rings. The second-order valence-electron chi connectivity index (χ2n) is 4.15. The molecule has 3 heteroatoms. The van der Waals surface area contributed by atoms with Crippen LogP contribution in [0.1, 0.15) is 11.1 Å². The molecule has 0 radical (unpaired) electrons. The Bertz CT molecular complexity index is 540. The molecule has 94 valence electrons. The van der Waals surface area contributed by atoms with Crippen LogP contribution in [0.15, 0.2) is 52.3 Å². The second-order valence-corrected chi connectivity index (χ2v) is 5.67. The lowest BCUT2D eigenvalue weighted by atomic mass is 10.2. The number of hydrogen-bond donors (Lipinski definition) is 1. The minimum atomic E-state index is 0.786. The van der Waals surface area contributed by atoms with Gasteiger partial charge in [-0.2, -0.15) is 0 Å². The molecule has 2 rings (SSSR count). The molecule has 0 bridgehead atoms. The van der Waals surface area contributed by atoms with Crippen molar-refractivity contribution in [3.05, 3.63) is 58.6 Å². The fraction of sp³-hybridized carbons (Fsp3) is 0.200. The van der Waals surface area contributed by atoms with Crippen LogP contribution in [0.3, 0.4) is 0 Å². The van der Waals surface area contributed by atoms with E-state index in [0.29, 0.717) is 0 Å². The SMILES string of the molecule is CNCc1cc(Cl)ccc1Sc1ccccc1C. The zero-order chi connectivity index (χ0) is 13.0. The Morgan fingerprint density at radius 2 is 1.89 bits per heavy atom. The zero-order valence-corrected chi connectivity index (χ0v) is 12.1. The quantitative estimate of drug-likeness (QED) is 0.882. The molecule has 0 heterocycles. The van der Waals surface area contributed by atoms with Crippen LogP contribution in [-0.4, -0.2) is 7.05 Å². The summed E-state index contributed by atoms with van der Waals surface area (Å²) in [6, 6.07) is 14.5. The van der Waals surface area contributed by atoms with Gasteiger partial charge in [0, 0.05) is 21.4 Å². The first-order valence-corrected chi connectivity index (χ1v) is 7.06. The van der Waals surface area contributed by atoms with Gasteiger partial charge >= 0.3 is 0 Å². The van der Waals surface area contributed by atoms with Gasteiger partial charge in [-0.15, -0.1) is 0 Å². The Labute approximate surface area is 118 Å². The summed E-state index contributed by atoms with van der Waals surface area (Å²) in [5.41, 5.74) is 2.53. The Kier molecular flexibility index (Phi) is 4.70. The maximum absolute atomic E-state index is 6.05. The molecule has 2 aromatic rings. The van der Waals surface area contributed by atoms with Crippen molar-refractivity contribution in [2.75, 3.05) is 7.05 Å². The van der Waals surface area contributed by atoms with Crippen LogP contribution >= 0.6 is 23.4 Å². The maximum atomic E-state index is 6.05. The van der Waals surface area contributed by atoms with Gasteiger partial charge in [0.1, 0.15) is 0 Å². The van der Waals surface area contributed by atoms with Gasteiger partial charge in [0.25, 0.3) is 0 Å². The predicted octanol–water partition coefficient (Wildman–Crippen LogP) is 4.52. The molecule has 0 amide bonds. The van der Waals surface area contributed by atoms with E-state index in [1.807, 2.05) is 19.2 Å². The number of halogens is 1. The Morgan fingerprint density at radius 3 is 2.61 bits per heavy atom. The summed E-state index contributed by atoms with van der Waals surface area (Å²) in [7, 11) is 1.95. The van der Waals surface area contributed by atoms with Crippen molar-refractivity contribution in [3.8, 4) is 0 Å². The van der Waals surface area contributed by atoms with Gasteiger partial charge in [-0.1, -0.05) is 41.6 Å². The van der Waals surface area contributed by atoms with Gasteiger partial charge < -0.3 is 5.32 Å². The number of nitrogens with one attached hydrogen (secondary N) is 1. The van der Waals surface area contributed by atoms with E-state index in [1.165, 1.54) is 20.9 Å². The van der Waals surface area contributed by atoms with Crippen LogP contribution in [0.2, 0.25) is 5.02 Å². The standard InChI is InChI=1S/C15H16ClNS/c1-11-5-3-4-6-14(11)18-15-8-7-13(16)9-12(15)10-17-2/h3-9,17H,10H2,1-2H3. The van der Waals surface area contributed by atoms with Crippen LogP contribution in [-0.2, 0) is 6.54 Å². The number of hydrogen-bond acceptors (Lipinski definition) is 2. The smallest absolute Gasteiger partial charge is 0.0410 e. The van der Waals surface area contributed by atoms with Gasteiger partial charge in [0.05, 0.1) is 0 Å². The van der Waals surface area contributed by atoms with Crippen molar-refractivity contribution in [1.82, 2.24) is 5.32 Å². The molecule has 0 spiro atoms. The second kappa shape index (κ2) is 6.28. The van der Waals surface area contributed by atoms with E-state index in [1.54, 1.807) is 11.8 Å². The first-order valence-electron chi connectivity index (χ1n) is 5.87. The highest BCUT2D eigenvalue weighted by Gasteiger charge is 2.06. The average Bonchev–Trinajstić information content (AvgIpc) is 2.35. The van der Waals surface area contributed by atoms with Gasteiger partial charge in [0.15, 0.2) is 0 Å². The molecule has 0 aliphatic heterocycles. The van der Waals surface area contributed by atoms with E-state index in [0.717, 1.165) is 11.6 Å². The fourth-order valence-corrected chi connectivity index (χ4v) is 2.97. The molecular formula is C15H16ClNS. The summed E-state index contributed by atoms with van der Waals surface area (Å²) >= 11 is 7.84. The van der Waals surface area contributed by atoms with Crippen molar-refractivity contribution < 1.29 is 0 Å². The minimum absolute atomic E-state index is 0.786. The average molecular weight is 278 g/mol. The maximum Gasteiger partial charge on any atom is 0.0410 e. The highest BCUT2D eigenvalue weighted by molar-refractivity contribution is 7.99. The molecule has 0 aromatic heterocycles. The molecule has 0 fully saturated rings. The van der Waals surface area contributed by atoms with Crippen molar-refractivity contribution in [1.29, 1.82) is 0 Å². The molecular weight excluding hydrogens is 262 g/mol. The normalized spacial score (nSPS) is 10.6. The van der Waals surface area contributed by atoms with E-state index < -0.39 is 0 Å². The fourth-order valence-electron chi connectivity index (χ4n) is 1.77. The minimum Gasteiger partial charge on any atom is -0.316 e. The van der Waals surface area contributed by atoms with Gasteiger partial charge in [-0.05, 0) is 49.4 Å². The largest absolute Gasteiger partial charge is 0.316 e. The van der Waals surface area contributed by atoms with E-state index in [2.05, 4.69) is 42.6 Å². The molecule has 0 unspecified atom stereocenters. The molecule has 0 saturated carbocycles. The third-order valence-corrected chi connectivity index (χ3v) is 4.23. The number of aryl methyl sites for hydroxylation is 1. The Morgan fingerprint density at radius 1 is 1.11 bits per heavy atom. The number of rotatable bonds is 4. The first kappa shape index (κ1) is 13.5. The molecule has 2 aromatic carbocycles. The predicted molar refractivity (Wildman–Crippen MR) is 79.5 cm³/mol. The van der Waals surface area contributed by atoms with E-state index in [4.69, 9.17) is 11.6 Å². The molecule has 0 atom stereocenters. The van der Waals surface area contributed by atoms with E-state index in [-0.39, 0.29) is 0 Å². The topological polar surface area (TPSA) is 12.0 Å². The van der Waals surface area contributed by atoms with Crippen molar-refractivity contribution in [3.63, 3.8) is 0 Å². The van der Waals surface area contributed by atoms with Crippen LogP contribution in [0.4, 0.5) is 0 Å². The summed E-state index contributed by atoms with van der Waals surface area (Å²) in [5.74, 6) is 0. The summed E-state index contributed by atoms with van der Waals surface area (Å²) in [4.78, 5) is 2.54. The van der Waals surface area contributed by atoms with Crippen molar-refractivity contribution >= 4 is 23.4 Å². The molecule has 1 nitrogen and oxygen atoms in total. The molecule has 1 N–H and O–H groups in total. The first-order chi connectivity index (χ1) is 8.70. The van der Waals surface area contributed by atoms with Crippen molar-refractivity contribution in [2.45, 2.75) is 23.3 Å². The summed E-state index contributed by atoms with van der Waals surface area (Å²) < 4.78 is 0. The summed E-state index contributed by atoms with van der Waals surface area (Å²) in [6.45, 7) is 2.96. The third kappa shape index (κ3) is 3.29. The molecule has 0 aliphatic carbocycles. The lowest BCUT2D eigenvalue weighted by Gasteiger charge is -2.11. The Balaban J connectivity index is 2.31. The van der Waals surface area contributed by atoms with Crippen LogP contribution in [0, 0.1) is 6.92 Å². The van der Waals surface area contributed by atoms with Crippen LogP contribution in [0.25, 0.3) is 0 Å². The lowest BCUT2D eigenvalue weighted by molar-refractivity contribution is 0.803. The lowest BCUT2D eigenvalue weighted by Crippen LogP contribution is -2.06. The summed E-state index contributed by atoms with van der Waals surface area (Å²) in [5, 5.41) is 3.97. The van der Waals surface area contributed by atoms with Crippen LogP contribution < -0.4 is 5.32 Å². The zero-order valence-electron chi connectivity index (χ0n) is 10.5. The Hall–Kier alpha value is -0.960. The van der Waals surface area contributed by atoms with Crippen molar-refractivity contribution in [2.24, 2.45) is 0 Å². The number of benzene rings is 2. The van der Waals surface area contributed by atoms with Gasteiger partial charge in [-0.3, -0.25) is 0 Å². The highest BCUT2D eigenvalue weighted by atomic mass is 35.5. The van der Waals surface area contributed by atoms with E-state index >= 15 is 0 Å². The molecule has 0 saturated heterocycles. The summed E-state index contributed by atoms with van der Waals surface area (Å²) in [6.07, 6.45) is 0. The van der Waals surface area contributed by atoms with Crippen LogP contribution in [0.5, 0.6) is 0 Å². The molecule has 18 heavy (non-hydrogen) atoms. The van der Waals surface area contributed by atoms with Gasteiger partial charge in [0.2, 0.25) is 0 Å².